The van der Waals surface area contributed by atoms with Crippen molar-refractivity contribution in [2.75, 3.05) is 38.2 Å². The standard InChI is InChI=1S/C20H22ClN7O3/c1-31-16-11-13(4-5-14(16)21)26-7-9-27(10-8-26)17(29)12-28-15-3-2-6-23-18(15)19(24-28)20(22)25-30/h2-6,11,30H,7-10,12H2,1H3,(H2,22,25). The number of rotatable bonds is 5. The van der Waals surface area contributed by atoms with Gasteiger partial charge < -0.3 is 25.5 Å². The van der Waals surface area contributed by atoms with Crippen LogP contribution < -0.4 is 15.4 Å². The zero-order chi connectivity index (χ0) is 22.0. The average Bonchev–Trinajstić information content (AvgIpc) is 3.17. The number of fused-ring (bicyclic) bond motifs is 1. The highest BCUT2D eigenvalue weighted by molar-refractivity contribution is 6.32. The lowest BCUT2D eigenvalue weighted by atomic mass is 10.2. The third kappa shape index (κ3) is 4.06. The van der Waals surface area contributed by atoms with E-state index in [0.717, 1.165) is 5.69 Å². The lowest BCUT2D eigenvalue weighted by Crippen LogP contribution is -2.49. The maximum absolute atomic E-state index is 12.9. The van der Waals surface area contributed by atoms with Crippen LogP contribution in [-0.4, -0.2) is 69.9 Å². The minimum atomic E-state index is -0.151. The van der Waals surface area contributed by atoms with Crippen molar-refractivity contribution < 1.29 is 14.7 Å². The van der Waals surface area contributed by atoms with E-state index < -0.39 is 0 Å². The van der Waals surface area contributed by atoms with Crippen LogP contribution in [0.2, 0.25) is 5.02 Å². The summed E-state index contributed by atoms with van der Waals surface area (Å²) in [5, 5.41) is 16.9. The molecular weight excluding hydrogens is 422 g/mol. The van der Waals surface area contributed by atoms with Crippen LogP contribution in [0.25, 0.3) is 11.0 Å². The van der Waals surface area contributed by atoms with Gasteiger partial charge in [-0.1, -0.05) is 16.8 Å². The molecule has 11 heteroatoms. The van der Waals surface area contributed by atoms with Gasteiger partial charge in [0.05, 0.1) is 17.6 Å². The lowest BCUT2D eigenvalue weighted by molar-refractivity contribution is -0.132. The van der Waals surface area contributed by atoms with Crippen molar-refractivity contribution in [2.24, 2.45) is 10.9 Å². The molecule has 0 radical (unpaired) electrons. The van der Waals surface area contributed by atoms with Crippen molar-refractivity contribution in [3.8, 4) is 5.75 Å². The number of piperazine rings is 1. The van der Waals surface area contributed by atoms with Gasteiger partial charge >= 0.3 is 0 Å². The van der Waals surface area contributed by atoms with E-state index in [0.29, 0.717) is 48.0 Å². The first-order valence-electron chi connectivity index (χ1n) is 9.67. The number of ether oxygens (including phenoxy) is 1. The number of carbonyl (C=O) groups is 1. The number of nitrogens with zero attached hydrogens (tertiary/aromatic N) is 6. The van der Waals surface area contributed by atoms with Crippen LogP contribution >= 0.6 is 11.6 Å². The first-order valence-corrected chi connectivity index (χ1v) is 10.1. The zero-order valence-electron chi connectivity index (χ0n) is 16.9. The number of benzene rings is 1. The smallest absolute Gasteiger partial charge is 0.244 e. The largest absolute Gasteiger partial charge is 0.495 e. The number of aromatic nitrogens is 3. The topological polar surface area (TPSA) is 122 Å². The average molecular weight is 444 g/mol. The van der Waals surface area contributed by atoms with Gasteiger partial charge in [-0.2, -0.15) is 5.10 Å². The normalized spacial score (nSPS) is 14.8. The molecule has 1 fully saturated rings. The number of anilines is 1. The second-order valence-electron chi connectivity index (χ2n) is 7.05. The predicted octanol–water partition coefficient (Wildman–Crippen LogP) is 1.54. The van der Waals surface area contributed by atoms with Gasteiger partial charge in [0.15, 0.2) is 11.5 Å². The van der Waals surface area contributed by atoms with Gasteiger partial charge in [-0.05, 0) is 24.3 Å². The molecule has 10 nitrogen and oxygen atoms in total. The van der Waals surface area contributed by atoms with Gasteiger partial charge in [0.25, 0.3) is 0 Å². The summed E-state index contributed by atoms with van der Waals surface area (Å²) in [5.74, 6) is 0.410. The van der Waals surface area contributed by atoms with Crippen molar-refractivity contribution in [3.63, 3.8) is 0 Å². The highest BCUT2D eigenvalue weighted by atomic mass is 35.5. The van der Waals surface area contributed by atoms with Gasteiger partial charge in [0.2, 0.25) is 5.91 Å². The van der Waals surface area contributed by atoms with Gasteiger partial charge in [0, 0.05) is 44.1 Å². The fourth-order valence-corrected chi connectivity index (χ4v) is 3.83. The summed E-state index contributed by atoms with van der Waals surface area (Å²) in [6, 6.07) is 9.20. The van der Waals surface area contributed by atoms with Gasteiger partial charge in [-0.3, -0.25) is 14.5 Å². The SMILES string of the molecule is COc1cc(N2CCN(C(=O)Cn3nc(/C(N)=N/O)c4ncccc43)CC2)ccc1Cl. The molecule has 1 aliphatic heterocycles. The molecule has 2 aromatic heterocycles. The molecule has 4 rings (SSSR count). The second kappa shape index (κ2) is 8.68. The predicted molar refractivity (Wildman–Crippen MR) is 117 cm³/mol. The third-order valence-electron chi connectivity index (χ3n) is 5.28. The Balaban J connectivity index is 1.45. The van der Waals surface area contributed by atoms with E-state index in [1.807, 2.05) is 18.2 Å². The number of carbonyl (C=O) groups excluding carboxylic acids is 1. The van der Waals surface area contributed by atoms with Gasteiger partial charge in [-0.15, -0.1) is 0 Å². The Bertz CT molecular complexity index is 1140. The van der Waals surface area contributed by atoms with Crippen molar-refractivity contribution in [3.05, 3.63) is 47.2 Å². The lowest BCUT2D eigenvalue weighted by Gasteiger charge is -2.36. The van der Waals surface area contributed by atoms with Crippen LogP contribution in [0.15, 0.2) is 41.7 Å². The van der Waals surface area contributed by atoms with E-state index in [9.17, 15) is 4.79 Å². The fraction of sp³-hybridized carbons (Fsp3) is 0.300. The Kier molecular flexibility index (Phi) is 5.81. The molecule has 0 unspecified atom stereocenters. The number of amidine groups is 1. The molecule has 0 atom stereocenters. The van der Waals surface area contributed by atoms with Crippen molar-refractivity contribution in [1.29, 1.82) is 0 Å². The minimum absolute atomic E-state index is 0.0374. The minimum Gasteiger partial charge on any atom is -0.495 e. The summed E-state index contributed by atoms with van der Waals surface area (Å²) in [6.45, 7) is 2.57. The fourth-order valence-electron chi connectivity index (χ4n) is 3.64. The number of methoxy groups -OCH3 is 1. The van der Waals surface area contributed by atoms with Crippen LogP contribution in [0, 0.1) is 0 Å². The molecule has 162 valence electrons. The van der Waals surface area contributed by atoms with Crippen LogP contribution in [0.1, 0.15) is 5.69 Å². The monoisotopic (exact) mass is 443 g/mol. The molecule has 0 spiro atoms. The molecule has 1 amide bonds. The first-order chi connectivity index (χ1) is 15.0. The van der Waals surface area contributed by atoms with E-state index in [4.69, 9.17) is 27.3 Å². The van der Waals surface area contributed by atoms with Crippen LogP contribution in [-0.2, 0) is 11.3 Å². The Morgan fingerprint density at radius 3 is 2.77 bits per heavy atom. The highest BCUT2D eigenvalue weighted by Gasteiger charge is 2.24. The van der Waals surface area contributed by atoms with Crippen molar-refractivity contribution in [2.45, 2.75) is 6.54 Å². The van der Waals surface area contributed by atoms with E-state index in [-0.39, 0.29) is 24.0 Å². The van der Waals surface area contributed by atoms with Crippen LogP contribution in [0.3, 0.4) is 0 Å². The van der Waals surface area contributed by atoms with E-state index >= 15 is 0 Å². The molecule has 1 aromatic carbocycles. The molecule has 1 saturated heterocycles. The summed E-state index contributed by atoms with van der Waals surface area (Å²) in [6.07, 6.45) is 1.59. The number of amides is 1. The number of oxime groups is 1. The summed E-state index contributed by atoms with van der Waals surface area (Å²) < 4.78 is 6.83. The van der Waals surface area contributed by atoms with E-state index in [2.05, 4.69) is 20.1 Å². The first kappa shape index (κ1) is 20.7. The second-order valence-corrected chi connectivity index (χ2v) is 7.46. The van der Waals surface area contributed by atoms with E-state index in [1.165, 1.54) is 4.68 Å². The Hall–Kier alpha value is -3.53. The zero-order valence-corrected chi connectivity index (χ0v) is 17.7. The summed E-state index contributed by atoms with van der Waals surface area (Å²) >= 11 is 6.11. The summed E-state index contributed by atoms with van der Waals surface area (Å²) in [7, 11) is 1.58. The molecule has 3 aromatic rings. The van der Waals surface area contributed by atoms with Crippen molar-refractivity contribution in [1.82, 2.24) is 19.7 Å². The maximum atomic E-state index is 12.9. The summed E-state index contributed by atoms with van der Waals surface area (Å²) in [4.78, 5) is 21.2. The molecule has 3 N–H and O–H groups in total. The number of hydrogen-bond donors (Lipinski definition) is 2. The Morgan fingerprint density at radius 2 is 2.06 bits per heavy atom. The number of nitrogens with two attached hydrogens (primary N) is 1. The summed E-state index contributed by atoms with van der Waals surface area (Å²) in [5.41, 5.74) is 8.08. The third-order valence-corrected chi connectivity index (χ3v) is 5.59. The molecule has 0 bridgehead atoms. The molecule has 0 aliphatic carbocycles. The highest BCUT2D eigenvalue weighted by Crippen LogP contribution is 2.29. The van der Waals surface area contributed by atoms with Gasteiger partial charge in [-0.25, -0.2) is 0 Å². The molecule has 3 heterocycles. The molecule has 1 aliphatic rings. The molecule has 0 saturated carbocycles. The van der Waals surface area contributed by atoms with E-state index in [1.54, 1.807) is 30.3 Å². The van der Waals surface area contributed by atoms with Crippen LogP contribution in [0.4, 0.5) is 5.69 Å². The molecule has 31 heavy (non-hydrogen) atoms. The molecular formula is C20H22ClN7O3. The van der Waals surface area contributed by atoms with Gasteiger partial charge in [0.1, 0.15) is 17.8 Å². The number of hydrogen-bond acceptors (Lipinski definition) is 7. The van der Waals surface area contributed by atoms with Crippen LogP contribution in [0.5, 0.6) is 5.75 Å². The number of pyridine rings is 1. The quantitative estimate of drug-likeness (QED) is 0.265. The number of halogens is 1. The Morgan fingerprint density at radius 1 is 1.29 bits per heavy atom. The van der Waals surface area contributed by atoms with Crippen molar-refractivity contribution >= 4 is 40.1 Å². The maximum Gasteiger partial charge on any atom is 0.244 e. The Labute approximate surface area is 183 Å².